The normalized spacial score (nSPS) is 12.4. The zero-order chi connectivity index (χ0) is 13.8. The molecule has 0 saturated heterocycles. The highest BCUT2D eigenvalue weighted by atomic mass is 35.5. The van der Waals surface area contributed by atoms with E-state index in [1.165, 1.54) is 7.11 Å². The van der Waals surface area contributed by atoms with E-state index in [1.807, 2.05) is 6.07 Å². The molecule has 100 valence electrons. The first-order chi connectivity index (χ1) is 9.17. The number of anilines is 1. The molecule has 1 unspecified atom stereocenters. The number of nitrogens with two attached hydrogens (primary N) is 1. The Morgan fingerprint density at radius 2 is 2.32 bits per heavy atom. The van der Waals surface area contributed by atoms with Gasteiger partial charge in [0.25, 0.3) is 5.91 Å². The second-order valence-electron chi connectivity index (χ2n) is 3.94. The minimum atomic E-state index is -0.678. The van der Waals surface area contributed by atoms with E-state index in [0.29, 0.717) is 16.2 Å². The van der Waals surface area contributed by atoms with Crippen LogP contribution in [0.25, 0.3) is 10.9 Å². The minimum absolute atomic E-state index is 0.117. The van der Waals surface area contributed by atoms with Crippen LogP contribution in [0.1, 0.15) is 0 Å². The van der Waals surface area contributed by atoms with Crippen molar-refractivity contribution < 1.29 is 9.53 Å². The van der Waals surface area contributed by atoms with Gasteiger partial charge in [-0.15, -0.1) is 0 Å². The van der Waals surface area contributed by atoms with Crippen molar-refractivity contribution in [3.63, 3.8) is 0 Å². The van der Waals surface area contributed by atoms with Crippen LogP contribution in [0.15, 0.2) is 30.5 Å². The molecule has 0 aliphatic rings. The number of nitrogens with zero attached hydrogens (tertiary/aromatic N) is 1. The molecule has 0 fully saturated rings. The fourth-order valence-corrected chi connectivity index (χ4v) is 1.98. The fourth-order valence-electron chi connectivity index (χ4n) is 1.77. The standard InChI is InChI=1S/C13H14ClN3O2/c1-19-11(7-15)13(18)17-10-5-4-9(14)12-8(10)3-2-6-16-12/h2-6,11H,7,15H2,1H3,(H,17,18). The summed E-state index contributed by atoms with van der Waals surface area (Å²) in [6.07, 6.45) is 0.972. The third kappa shape index (κ3) is 2.84. The van der Waals surface area contributed by atoms with Gasteiger partial charge in [0.1, 0.15) is 6.10 Å². The summed E-state index contributed by atoms with van der Waals surface area (Å²) in [4.78, 5) is 16.1. The number of methoxy groups -OCH3 is 1. The second-order valence-corrected chi connectivity index (χ2v) is 4.35. The van der Waals surface area contributed by atoms with Crippen LogP contribution >= 0.6 is 11.6 Å². The van der Waals surface area contributed by atoms with Gasteiger partial charge in [-0.25, -0.2) is 0 Å². The Hall–Kier alpha value is -1.69. The van der Waals surface area contributed by atoms with Gasteiger partial charge >= 0.3 is 0 Å². The van der Waals surface area contributed by atoms with Gasteiger partial charge in [-0.1, -0.05) is 11.6 Å². The van der Waals surface area contributed by atoms with Crippen LogP contribution in [0.5, 0.6) is 0 Å². The predicted octanol–water partition coefficient (Wildman–Crippen LogP) is 1.80. The van der Waals surface area contributed by atoms with Gasteiger partial charge in [-0.2, -0.15) is 0 Å². The van der Waals surface area contributed by atoms with Crippen LogP contribution in [0.3, 0.4) is 0 Å². The highest BCUT2D eigenvalue weighted by molar-refractivity contribution is 6.35. The summed E-state index contributed by atoms with van der Waals surface area (Å²) in [5, 5.41) is 4.08. The largest absolute Gasteiger partial charge is 0.370 e. The Bertz CT molecular complexity index is 599. The van der Waals surface area contributed by atoms with Crippen molar-refractivity contribution in [3.8, 4) is 0 Å². The molecule has 6 heteroatoms. The number of fused-ring (bicyclic) bond motifs is 1. The molecule has 1 amide bonds. The molecule has 0 saturated carbocycles. The quantitative estimate of drug-likeness (QED) is 0.895. The first kappa shape index (κ1) is 13.7. The molecule has 2 rings (SSSR count). The van der Waals surface area contributed by atoms with E-state index in [1.54, 1.807) is 24.4 Å². The average molecular weight is 280 g/mol. The van der Waals surface area contributed by atoms with Crippen molar-refractivity contribution in [1.29, 1.82) is 0 Å². The molecule has 2 aromatic rings. The predicted molar refractivity (Wildman–Crippen MR) is 75.2 cm³/mol. The molecule has 1 atom stereocenters. The van der Waals surface area contributed by atoms with Gasteiger partial charge < -0.3 is 15.8 Å². The number of halogens is 1. The van der Waals surface area contributed by atoms with Crippen molar-refractivity contribution in [2.45, 2.75) is 6.10 Å². The summed E-state index contributed by atoms with van der Waals surface area (Å²) in [7, 11) is 1.44. The molecule has 19 heavy (non-hydrogen) atoms. The van der Waals surface area contributed by atoms with Crippen LogP contribution in [-0.4, -0.2) is 30.6 Å². The van der Waals surface area contributed by atoms with E-state index in [9.17, 15) is 4.79 Å². The SMILES string of the molecule is COC(CN)C(=O)Nc1ccc(Cl)c2ncccc12. The molecule has 0 aliphatic heterocycles. The third-order valence-electron chi connectivity index (χ3n) is 2.77. The summed E-state index contributed by atoms with van der Waals surface area (Å²) >= 11 is 6.06. The van der Waals surface area contributed by atoms with Gasteiger partial charge in [0, 0.05) is 25.2 Å². The number of aromatic nitrogens is 1. The molecule has 0 aliphatic carbocycles. The maximum absolute atomic E-state index is 11.9. The van der Waals surface area contributed by atoms with E-state index in [2.05, 4.69) is 10.3 Å². The van der Waals surface area contributed by atoms with E-state index in [-0.39, 0.29) is 12.5 Å². The number of amides is 1. The minimum Gasteiger partial charge on any atom is -0.370 e. The van der Waals surface area contributed by atoms with E-state index < -0.39 is 6.10 Å². The zero-order valence-corrected chi connectivity index (χ0v) is 11.1. The van der Waals surface area contributed by atoms with Gasteiger partial charge in [0.15, 0.2) is 0 Å². The lowest BCUT2D eigenvalue weighted by Crippen LogP contribution is -2.35. The summed E-state index contributed by atoms with van der Waals surface area (Å²) < 4.78 is 4.99. The zero-order valence-electron chi connectivity index (χ0n) is 10.4. The Kier molecular flexibility index (Phi) is 4.31. The first-order valence-corrected chi connectivity index (χ1v) is 6.12. The molecule has 0 bridgehead atoms. The average Bonchev–Trinajstić information content (AvgIpc) is 2.44. The number of benzene rings is 1. The van der Waals surface area contributed by atoms with Crippen LogP contribution in [0.2, 0.25) is 5.02 Å². The Balaban J connectivity index is 2.36. The number of pyridine rings is 1. The summed E-state index contributed by atoms with van der Waals surface area (Å²) in [5.74, 6) is -0.294. The molecule has 1 aromatic heterocycles. The monoisotopic (exact) mass is 279 g/mol. The lowest BCUT2D eigenvalue weighted by Gasteiger charge is -2.14. The summed E-state index contributed by atoms with van der Waals surface area (Å²) in [5.41, 5.74) is 6.73. The number of nitrogens with one attached hydrogen (secondary N) is 1. The Labute approximate surface area is 115 Å². The molecule has 0 radical (unpaired) electrons. The molecule has 0 spiro atoms. The lowest BCUT2D eigenvalue weighted by atomic mass is 10.1. The molecule has 3 N–H and O–H groups in total. The highest BCUT2D eigenvalue weighted by Crippen LogP contribution is 2.28. The molecular weight excluding hydrogens is 266 g/mol. The number of ether oxygens (including phenoxy) is 1. The van der Waals surface area contributed by atoms with Gasteiger partial charge in [0.2, 0.25) is 0 Å². The number of carbonyl (C=O) groups excluding carboxylic acids is 1. The molecule has 1 aromatic carbocycles. The Morgan fingerprint density at radius 1 is 1.53 bits per heavy atom. The molecule has 5 nitrogen and oxygen atoms in total. The fraction of sp³-hybridized carbons (Fsp3) is 0.231. The summed E-state index contributed by atoms with van der Waals surface area (Å²) in [6.45, 7) is 0.117. The van der Waals surface area contributed by atoms with Crippen molar-refractivity contribution in [1.82, 2.24) is 4.98 Å². The van der Waals surface area contributed by atoms with E-state index in [0.717, 1.165) is 5.39 Å². The van der Waals surface area contributed by atoms with Crippen molar-refractivity contribution in [2.24, 2.45) is 5.73 Å². The van der Waals surface area contributed by atoms with E-state index >= 15 is 0 Å². The number of hydrogen-bond donors (Lipinski definition) is 2. The Morgan fingerprint density at radius 3 is 3.00 bits per heavy atom. The third-order valence-corrected chi connectivity index (χ3v) is 3.07. The first-order valence-electron chi connectivity index (χ1n) is 5.74. The number of carbonyl (C=O) groups is 1. The lowest BCUT2D eigenvalue weighted by molar-refractivity contribution is -0.125. The van der Waals surface area contributed by atoms with Crippen LogP contribution in [0.4, 0.5) is 5.69 Å². The highest BCUT2D eigenvalue weighted by Gasteiger charge is 2.17. The maximum atomic E-state index is 11.9. The van der Waals surface area contributed by atoms with Crippen LogP contribution in [0, 0.1) is 0 Å². The molecule has 1 heterocycles. The number of hydrogen-bond acceptors (Lipinski definition) is 4. The van der Waals surface area contributed by atoms with Gasteiger partial charge in [-0.05, 0) is 24.3 Å². The van der Waals surface area contributed by atoms with Crippen LogP contribution in [-0.2, 0) is 9.53 Å². The smallest absolute Gasteiger partial charge is 0.254 e. The van der Waals surface area contributed by atoms with Gasteiger partial charge in [-0.3, -0.25) is 9.78 Å². The van der Waals surface area contributed by atoms with Crippen LogP contribution < -0.4 is 11.1 Å². The van der Waals surface area contributed by atoms with Gasteiger partial charge in [0.05, 0.1) is 16.2 Å². The maximum Gasteiger partial charge on any atom is 0.254 e. The van der Waals surface area contributed by atoms with Crippen molar-refractivity contribution >= 4 is 34.1 Å². The summed E-state index contributed by atoms with van der Waals surface area (Å²) in [6, 6.07) is 7.05. The number of rotatable bonds is 4. The second kappa shape index (κ2) is 5.97. The van der Waals surface area contributed by atoms with Crippen molar-refractivity contribution in [3.05, 3.63) is 35.5 Å². The topological polar surface area (TPSA) is 77.2 Å². The van der Waals surface area contributed by atoms with Crippen molar-refractivity contribution in [2.75, 3.05) is 19.0 Å². The van der Waals surface area contributed by atoms with E-state index in [4.69, 9.17) is 22.1 Å². The molecular formula is C13H14ClN3O2.